The predicted octanol–water partition coefficient (Wildman–Crippen LogP) is 3.27. The average Bonchev–Trinajstić information content (AvgIpc) is 2.64. The minimum absolute atomic E-state index is 0.230. The van der Waals surface area contributed by atoms with E-state index in [0.717, 1.165) is 43.5 Å². The molecule has 1 fully saturated rings. The molecule has 5 nitrogen and oxygen atoms in total. The molecule has 0 bridgehead atoms. The molecule has 0 saturated carbocycles. The van der Waals surface area contributed by atoms with Crippen LogP contribution >= 0.6 is 11.8 Å². The molecule has 1 saturated heterocycles. The average molecular weight is 342 g/mol. The Hall–Kier alpha value is -1.95. The van der Waals surface area contributed by atoms with Crippen LogP contribution in [0.2, 0.25) is 0 Å². The number of hydrogen-bond donors (Lipinski definition) is 1. The SMILES string of the molecule is Cc1cccc2c1OCC[C@H]2Nc1cc(N2CCSCC2)ncn1. The number of para-hydroxylation sites is 1. The van der Waals surface area contributed by atoms with Crippen LogP contribution in [0.3, 0.4) is 0 Å². The maximum Gasteiger partial charge on any atom is 0.134 e. The molecule has 1 aromatic carbocycles. The Morgan fingerprint density at radius 3 is 3.00 bits per heavy atom. The second kappa shape index (κ2) is 6.89. The molecule has 1 atom stereocenters. The van der Waals surface area contributed by atoms with Crippen molar-refractivity contribution >= 4 is 23.4 Å². The summed E-state index contributed by atoms with van der Waals surface area (Å²) in [5, 5.41) is 3.58. The number of aromatic nitrogens is 2. The molecule has 4 rings (SSSR count). The predicted molar refractivity (Wildman–Crippen MR) is 99.2 cm³/mol. The van der Waals surface area contributed by atoms with Crippen molar-refractivity contribution in [3.63, 3.8) is 0 Å². The summed E-state index contributed by atoms with van der Waals surface area (Å²) in [6.07, 6.45) is 2.60. The van der Waals surface area contributed by atoms with Crippen molar-refractivity contribution in [1.29, 1.82) is 0 Å². The molecule has 2 aliphatic rings. The van der Waals surface area contributed by atoms with Crippen molar-refractivity contribution < 1.29 is 4.74 Å². The molecule has 0 spiro atoms. The first kappa shape index (κ1) is 15.6. The lowest BCUT2D eigenvalue weighted by atomic mass is 9.98. The van der Waals surface area contributed by atoms with Gasteiger partial charge < -0.3 is 15.0 Å². The Bertz CT molecular complexity index is 718. The van der Waals surface area contributed by atoms with Crippen molar-refractivity contribution in [2.75, 3.05) is 41.4 Å². The highest BCUT2D eigenvalue weighted by atomic mass is 32.2. The van der Waals surface area contributed by atoms with E-state index in [0.29, 0.717) is 0 Å². The first-order valence-corrected chi connectivity index (χ1v) is 9.60. The summed E-state index contributed by atoms with van der Waals surface area (Å²) in [6, 6.07) is 8.63. The highest BCUT2D eigenvalue weighted by Gasteiger charge is 2.23. The first-order chi connectivity index (χ1) is 11.8. The number of ether oxygens (including phenoxy) is 1. The first-order valence-electron chi connectivity index (χ1n) is 8.45. The van der Waals surface area contributed by atoms with Gasteiger partial charge in [0.2, 0.25) is 0 Å². The van der Waals surface area contributed by atoms with Crippen molar-refractivity contribution in [3.8, 4) is 5.75 Å². The molecule has 0 radical (unpaired) electrons. The topological polar surface area (TPSA) is 50.3 Å². The molecular formula is C18H22N4OS. The molecule has 1 aromatic heterocycles. The molecule has 0 unspecified atom stereocenters. The van der Waals surface area contributed by atoms with Gasteiger partial charge in [0.25, 0.3) is 0 Å². The van der Waals surface area contributed by atoms with Crippen LogP contribution in [-0.4, -0.2) is 41.2 Å². The van der Waals surface area contributed by atoms with E-state index in [9.17, 15) is 0 Å². The van der Waals surface area contributed by atoms with Crippen LogP contribution < -0.4 is 15.0 Å². The molecule has 0 aliphatic carbocycles. The molecule has 6 heteroatoms. The number of rotatable bonds is 3. The lowest BCUT2D eigenvalue weighted by Crippen LogP contribution is -2.33. The molecule has 24 heavy (non-hydrogen) atoms. The van der Waals surface area contributed by atoms with Crippen LogP contribution in [0.4, 0.5) is 11.6 Å². The quantitative estimate of drug-likeness (QED) is 0.924. The van der Waals surface area contributed by atoms with E-state index in [2.05, 4.69) is 51.4 Å². The maximum absolute atomic E-state index is 5.86. The number of benzene rings is 1. The van der Waals surface area contributed by atoms with Crippen molar-refractivity contribution in [2.24, 2.45) is 0 Å². The van der Waals surface area contributed by atoms with Crippen LogP contribution in [0.5, 0.6) is 5.75 Å². The Kier molecular flexibility index (Phi) is 4.47. The number of fused-ring (bicyclic) bond motifs is 1. The van der Waals surface area contributed by atoms with Crippen LogP contribution in [0.15, 0.2) is 30.6 Å². The summed E-state index contributed by atoms with van der Waals surface area (Å²) in [4.78, 5) is 11.2. The van der Waals surface area contributed by atoms with Crippen molar-refractivity contribution in [1.82, 2.24) is 9.97 Å². The van der Waals surface area contributed by atoms with Crippen molar-refractivity contribution in [3.05, 3.63) is 41.7 Å². The number of nitrogens with one attached hydrogen (secondary N) is 1. The molecular weight excluding hydrogens is 320 g/mol. The van der Waals surface area contributed by atoms with Gasteiger partial charge in [0.1, 0.15) is 23.7 Å². The third-order valence-corrected chi connectivity index (χ3v) is 5.52. The minimum Gasteiger partial charge on any atom is -0.493 e. The third-order valence-electron chi connectivity index (χ3n) is 4.58. The maximum atomic E-state index is 5.86. The van der Waals surface area contributed by atoms with Gasteiger partial charge in [-0.2, -0.15) is 11.8 Å². The van der Waals surface area contributed by atoms with Crippen molar-refractivity contribution in [2.45, 2.75) is 19.4 Å². The van der Waals surface area contributed by atoms with Gasteiger partial charge in [0.15, 0.2) is 0 Å². The van der Waals surface area contributed by atoms with Gasteiger partial charge in [-0.25, -0.2) is 9.97 Å². The van der Waals surface area contributed by atoms with Gasteiger partial charge in [0.05, 0.1) is 12.6 Å². The molecule has 126 valence electrons. The van der Waals surface area contributed by atoms with Crippen LogP contribution in [-0.2, 0) is 0 Å². The summed E-state index contributed by atoms with van der Waals surface area (Å²) in [6.45, 7) is 4.94. The van der Waals surface area contributed by atoms with Crippen LogP contribution in [0.1, 0.15) is 23.6 Å². The van der Waals surface area contributed by atoms with E-state index >= 15 is 0 Å². The van der Waals surface area contributed by atoms with Gasteiger partial charge in [-0.15, -0.1) is 0 Å². The Morgan fingerprint density at radius 1 is 1.25 bits per heavy atom. The monoisotopic (exact) mass is 342 g/mol. The molecule has 2 aromatic rings. The second-order valence-electron chi connectivity index (χ2n) is 6.19. The fourth-order valence-corrected chi connectivity index (χ4v) is 4.20. The zero-order valence-electron chi connectivity index (χ0n) is 13.9. The number of aryl methyl sites for hydroxylation is 1. The molecule has 1 N–H and O–H groups in total. The van der Waals surface area contributed by atoms with E-state index in [-0.39, 0.29) is 6.04 Å². The normalized spacial score (nSPS) is 20.2. The Labute approximate surface area is 146 Å². The largest absolute Gasteiger partial charge is 0.493 e. The van der Waals surface area contributed by atoms with E-state index in [1.807, 2.05) is 11.8 Å². The molecule has 0 amide bonds. The number of anilines is 2. The second-order valence-corrected chi connectivity index (χ2v) is 7.41. The van der Waals surface area contributed by atoms with Crippen LogP contribution in [0.25, 0.3) is 0 Å². The van der Waals surface area contributed by atoms with E-state index < -0.39 is 0 Å². The van der Waals surface area contributed by atoms with E-state index in [4.69, 9.17) is 4.74 Å². The zero-order valence-corrected chi connectivity index (χ0v) is 14.7. The lowest BCUT2D eigenvalue weighted by Gasteiger charge is -2.29. The molecule has 2 aliphatic heterocycles. The van der Waals surface area contributed by atoms with Gasteiger partial charge >= 0.3 is 0 Å². The summed E-state index contributed by atoms with van der Waals surface area (Å²) in [5.74, 6) is 5.25. The zero-order chi connectivity index (χ0) is 16.4. The van der Waals surface area contributed by atoms with Gasteiger partial charge in [-0.05, 0) is 12.5 Å². The summed E-state index contributed by atoms with van der Waals surface area (Å²) >= 11 is 2.01. The Balaban J connectivity index is 1.55. The highest BCUT2D eigenvalue weighted by molar-refractivity contribution is 7.99. The number of nitrogens with zero attached hydrogens (tertiary/aromatic N) is 3. The number of thioether (sulfide) groups is 1. The third kappa shape index (κ3) is 3.15. The van der Waals surface area contributed by atoms with Crippen LogP contribution in [0, 0.1) is 6.92 Å². The fraction of sp³-hybridized carbons (Fsp3) is 0.444. The van der Waals surface area contributed by atoms with E-state index in [1.54, 1.807) is 6.33 Å². The van der Waals surface area contributed by atoms with E-state index in [1.165, 1.54) is 22.6 Å². The van der Waals surface area contributed by atoms with Gasteiger partial charge in [-0.3, -0.25) is 0 Å². The smallest absolute Gasteiger partial charge is 0.134 e. The molecule has 3 heterocycles. The summed E-state index contributed by atoms with van der Waals surface area (Å²) < 4.78 is 5.86. The van der Waals surface area contributed by atoms with Gasteiger partial charge in [-0.1, -0.05) is 18.2 Å². The number of hydrogen-bond acceptors (Lipinski definition) is 6. The fourth-order valence-electron chi connectivity index (χ4n) is 3.30. The standard InChI is InChI=1S/C18H22N4OS/c1-13-3-2-4-14-15(5-8-23-18(13)14)21-16-11-17(20-12-19-16)22-6-9-24-10-7-22/h2-4,11-12,15H,5-10H2,1H3,(H,19,20,21)/t15-/m1/s1. The lowest BCUT2D eigenvalue weighted by molar-refractivity contribution is 0.272. The summed E-state index contributed by atoms with van der Waals surface area (Å²) in [7, 11) is 0. The highest BCUT2D eigenvalue weighted by Crippen LogP contribution is 2.36. The van der Waals surface area contributed by atoms with Gasteiger partial charge in [0, 0.05) is 42.6 Å². The minimum atomic E-state index is 0.230. The summed E-state index contributed by atoms with van der Waals surface area (Å²) in [5.41, 5.74) is 2.41. The Morgan fingerprint density at radius 2 is 2.12 bits per heavy atom.